The highest BCUT2D eigenvalue weighted by molar-refractivity contribution is 5.53. The molecule has 0 bridgehead atoms. The fraction of sp³-hybridized carbons (Fsp3) is 0.438. The molecular weight excluding hydrogens is 248 g/mol. The topological polar surface area (TPSA) is 55.9 Å². The first kappa shape index (κ1) is 13.2. The molecule has 1 saturated carbocycles. The van der Waals surface area contributed by atoms with E-state index in [9.17, 15) is 0 Å². The molecule has 1 aliphatic rings. The molecule has 20 heavy (non-hydrogen) atoms. The number of nitrogens with two attached hydrogens (primary N) is 1. The van der Waals surface area contributed by atoms with E-state index in [4.69, 9.17) is 5.73 Å². The maximum atomic E-state index is 5.55. The van der Waals surface area contributed by atoms with Crippen LogP contribution in [0.3, 0.4) is 0 Å². The zero-order valence-corrected chi connectivity index (χ0v) is 12.0. The number of aryl methyl sites for hydroxylation is 1. The first-order valence-corrected chi connectivity index (χ1v) is 7.38. The molecule has 1 aromatic carbocycles. The molecule has 0 atom stereocenters. The number of nitrogens with zero attached hydrogens (tertiary/aromatic N) is 2. The second-order valence-electron chi connectivity index (χ2n) is 5.53. The molecule has 0 saturated heterocycles. The van der Waals surface area contributed by atoms with Crippen molar-refractivity contribution >= 4 is 5.69 Å². The third-order valence-electron chi connectivity index (χ3n) is 3.75. The molecule has 0 radical (unpaired) electrons. The number of anilines is 1. The molecule has 3 rings (SSSR count). The third kappa shape index (κ3) is 2.70. The monoisotopic (exact) mass is 270 g/mol. The van der Waals surface area contributed by atoms with E-state index in [-0.39, 0.29) is 0 Å². The number of nitrogens with one attached hydrogen (secondary N) is 1. The Morgan fingerprint density at radius 1 is 1.30 bits per heavy atom. The van der Waals surface area contributed by atoms with Gasteiger partial charge >= 0.3 is 0 Å². The van der Waals surface area contributed by atoms with Crippen molar-refractivity contribution in [3.05, 3.63) is 41.7 Å². The summed E-state index contributed by atoms with van der Waals surface area (Å²) in [6.45, 7) is 3.74. The van der Waals surface area contributed by atoms with Crippen molar-refractivity contribution in [2.24, 2.45) is 5.73 Å². The molecule has 0 unspecified atom stereocenters. The lowest BCUT2D eigenvalue weighted by atomic mass is 10.2. The SMILES string of the molecule is Cc1ccc(-n2ncc(NCCCN)c2C2CC2)cc1. The number of aromatic nitrogens is 2. The van der Waals surface area contributed by atoms with Crippen molar-refractivity contribution in [1.82, 2.24) is 9.78 Å². The van der Waals surface area contributed by atoms with Crippen LogP contribution in [0.4, 0.5) is 5.69 Å². The van der Waals surface area contributed by atoms with E-state index in [1.54, 1.807) is 0 Å². The predicted octanol–water partition coefficient (Wildman–Crippen LogP) is 2.82. The van der Waals surface area contributed by atoms with E-state index in [1.807, 2.05) is 6.20 Å². The molecule has 4 nitrogen and oxygen atoms in total. The second kappa shape index (κ2) is 5.67. The number of hydrogen-bond acceptors (Lipinski definition) is 3. The lowest BCUT2D eigenvalue weighted by Gasteiger charge is -2.10. The summed E-state index contributed by atoms with van der Waals surface area (Å²) >= 11 is 0. The van der Waals surface area contributed by atoms with Crippen LogP contribution in [-0.4, -0.2) is 22.9 Å². The van der Waals surface area contributed by atoms with Gasteiger partial charge in [-0.2, -0.15) is 5.10 Å². The Labute approximate surface area is 120 Å². The summed E-state index contributed by atoms with van der Waals surface area (Å²) in [4.78, 5) is 0. The van der Waals surface area contributed by atoms with E-state index in [1.165, 1.54) is 29.8 Å². The van der Waals surface area contributed by atoms with Crippen LogP contribution in [0.25, 0.3) is 5.69 Å². The molecule has 0 aliphatic heterocycles. The average molecular weight is 270 g/mol. The van der Waals surface area contributed by atoms with Crippen LogP contribution in [0.1, 0.15) is 36.4 Å². The average Bonchev–Trinajstić information content (AvgIpc) is 3.21. The van der Waals surface area contributed by atoms with Gasteiger partial charge < -0.3 is 11.1 Å². The number of benzene rings is 1. The molecule has 2 aromatic rings. The zero-order valence-electron chi connectivity index (χ0n) is 12.0. The van der Waals surface area contributed by atoms with Crippen molar-refractivity contribution in [3.63, 3.8) is 0 Å². The molecule has 0 amide bonds. The van der Waals surface area contributed by atoms with Gasteiger partial charge in [-0.3, -0.25) is 0 Å². The summed E-state index contributed by atoms with van der Waals surface area (Å²) in [5.41, 5.74) is 10.5. The van der Waals surface area contributed by atoms with E-state index in [0.717, 1.165) is 25.2 Å². The van der Waals surface area contributed by atoms with E-state index >= 15 is 0 Å². The zero-order chi connectivity index (χ0) is 13.9. The van der Waals surface area contributed by atoms with Crippen LogP contribution in [-0.2, 0) is 0 Å². The van der Waals surface area contributed by atoms with Gasteiger partial charge in [-0.25, -0.2) is 4.68 Å². The fourth-order valence-electron chi connectivity index (χ4n) is 2.46. The molecule has 0 spiro atoms. The molecule has 1 aromatic heterocycles. The molecule has 1 heterocycles. The van der Waals surface area contributed by atoms with Gasteiger partial charge in [-0.15, -0.1) is 0 Å². The standard InChI is InChI=1S/C16H22N4/c1-12-3-7-14(8-4-12)20-16(13-5-6-13)15(11-19-20)18-10-2-9-17/h3-4,7-8,11,13,18H,2,5-6,9-10,17H2,1H3. The van der Waals surface area contributed by atoms with E-state index in [2.05, 4.69) is 46.3 Å². The van der Waals surface area contributed by atoms with Crippen LogP contribution in [0, 0.1) is 6.92 Å². The molecule has 1 fully saturated rings. The maximum Gasteiger partial charge on any atom is 0.0766 e. The van der Waals surface area contributed by atoms with Crippen LogP contribution in [0.5, 0.6) is 0 Å². The van der Waals surface area contributed by atoms with Gasteiger partial charge in [-0.05, 0) is 44.9 Å². The highest BCUT2D eigenvalue weighted by Crippen LogP contribution is 2.44. The smallest absolute Gasteiger partial charge is 0.0766 e. The van der Waals surface area contributed by atoms with E-state index < -0.39 is 0 Å². The Morgan fingerprint density at radius 3 is 2.70 bits per heavy atom. The summed E-state index contributed by atoms with van der Waals surface area (Å²) in [5, 5.41) is 8.05. The highest BCUT2D eigenvalue weighted by Gasteiger charge is 2.30. The molecule has 4 heteroatoms. The van der Waals surface area contributed by atoms with Crippen LogP contribution in [0.15, 0.2) is 30.5 Å². The van der Waals surface area contributed by atoms with Crippen molar-refractivity contribution in [2.75, 3.05) is 18.4 Å². The Hall–Kier alpha value is -1.81. The summed E-state index contributed by atoms with van der Waals surface area (Å²) in [6, 6.07) is 8.54. The van der Waals surface area contributed by atoms with Crippen molar-refractivity contribution in [3.8, 4) is 5.69 Å². The van der Waals surface area contributed by atoms with Crippen molar-refractivity contribution in [2.45, 2.75) is 32.1 Å². The predicted molar refractivity (Wildman–Crippen MR) is 82.4 cm³/mol. The molecule has 3 N–H and O–H groups in total. The van der Waals surface area contributed by atoms with Gasteiger partial charge in [0.25, 0.3) is 0 Å². The van der Waals surface area contributed by atoms with E-state index in [0.29, 0.717) is 5.92 Å². The van der Waals surface area contributed by atoms with Gasteiger partial charge in [0, 0.05) is 12.5 Å². The van der Waals surface area contributed by atoms with Gasteiger partial charge in [0.05, 0.1) is 23.3 Å². The van der Waals surface area contributed by atoms with Crippen LogP contribution < -0.4 is 11.1 Å². The third-order valence-corrected chi connectivity index (χ3v) is 3.75. The number of rotatable bonds is 6. The van der Waals surface area contributed by atoms with Gasteiger partial charge in [0.1, 0.15) is 0 Å². The van der Waals surface area contributed by atoms with Crippen LogP contribution in [0.2, 0.25) is 0 Å². The fourth-order valence-corrected chi connectivity index (χ4v) is 2.46. The summed E-state index contributed by atoms with van der Waals surface area (Å²) in [7, 11) is 0. The van der Waals surface area contributed by atoms with Crippen molar-refractivity contribution < 1.29 is 0 Å². The lowest BCUT2D eigenvalue weighted by Crippen LogP contribution is -2.10. The lowest BCUT2D eigenvalue weighted by molar-refractivity contribution is 0.806. The first-order valence-electron chi connectivity index (χ1n) is 7.38. The Morgan fingerprint density at radius 2 is 2.05 bits per heavy atom. The first-order chi connectivity index (χ1) is 9.79. The highest BCUT2D eigenvalue weighted by atomic mass is 15.3. The normalized spacial score (nSPS) is 14.5. The molecule has 1 aliphatic carbocycles. The second-order valence-corrected chi connectivity index (χ2v) is 5.53. The summed E-state index contributed by atoms with van der Waals surface area (Å²) < 4.78 is 2.09. The minimum atomic E-state index is 0.652. The van der Waals surface area contributed by atoms with Gasteiger partial charge in [0.15, 0.2) is 0 Å². The Kier molecular flexibility index (Phi) is 3.74. The largest absolute Gasteiger partial charge is 0.382 e. The summed E-state index contributed by atoms with van der Waals surface area (Å²) in [6.07, 6.45) is 5.47. The quantitative estimate of drug-likeness (QED) is 0.794. The molecular formula is C16H22N4. The van der Waals surface area contributed by atoms with Crippen molar-refractivity contribution in [1.29, 1.82) is 0 Å². The Bertz CT molecular complexity index is 567. The summed E-state index contributed by atoms with van der Waals surface area (Å²) in [5.74, 6) is 0.652. The minimum Gasteiger partial charge on any atom is -0.382 e. The molecule has 106 valence electrons. The van der Waals surface area contributed by atoms with Gasteiger partial charge in [-0.1, -0.05) is 17.7 Å². The maximum absolute atomic E-state index is 5.55. The number of hydrogen-bond donors (Lipinski definition) is 2. The Balaban J connectivity index is 1.88. The minimum absolute atomic E-state index is 0.652. The van der Waals surface area contributed by atoms with Gasteiger partial charge in [0.2, 0.25) is 0 Å². The van der Waals surface area contributed by atoms with Crippen LogP contribution >= 0.6 is 0 Å².